The first-order valence-electron chi connectivity index (χ1n) is 4.87. The smallest absolute Gasteiger partial charge is 0.405 e. The standard InChI is InChI=1S/C9H13F3N4O/c1-5(2)17-8-6(13)7(15-4-16-8)14-3-9(10,11)12/h4-5H,3,13H2,1-2H3,(H,14,15,16). The topological polar surface area (TPSA) is 73.1 Å². The molecule has 0 aliphatic heterocycles. The predicted molar refractivity (Wildman–Crippen MR) is 56.8 cm³/mol. The molecule has 0 aliphatic carbocycles. The summed E-state index contributed by atoms with van der Waals surface area (Å²) in [5.74, 6) is -0.0207. The summed E-state index contributed by atoms with van der Waals surface area (Å²) in [4.78, 5) is 7.37. The molecular formula is C9H13F3N4O. The molecule has 5 nitrogen and oxygen atoms in total. The molecule has 0 aliphatic rings. The van der Waals surface area contributed by atoms with Crippen LogP contribution in [0.4, 0.5) is 24.7 Å². The van der Waals surface area contributed by atoms with Gasteiger partial charge in [0, 0.05) is 0 Å². The molecule has 0 fully saturated rings. The van der Waals surface area contributed by atoms with Gasteiger partial charge in [0.25, 0.3) is 0 Å². The molecule has 1 heterocycles. The fourth-order valence-electron chi connectivity index (χ4n) is 1.02. The second-order valence-corrected chi connectivity index (χ2v) is 3.58. The third kappa shape index (κ3) is 4.33. The van der Waals surface area contributed by atoms with Gasteiger partial charge in [0.1, 0.15) is 18.6 Å². The number of halogens is 3. The van der Waals surface area contributed by atoms with Crippen molar-refractivity contribution in [3.8, 4) is 5.88 Å². The number of alkyl halides is 3. The van der Waals surface area contributed by atoms with E-state index in [1.807, 2.05) is 0 Å². The summed E-state index contributed by atoms with van der Waals surface area (Å²) in [6, 6.07) is 0. The third-order valence-electron chi connectivity index (χ3n) is 1.65. The van der Waals surface area contributed by atoms with Crippen LogP contribution in [0.15, 0.2) is 6.33 Å². The fourth-order valence-corrected chi connectivity index (χ4v) is 1.02. The number of ether oxygens (including phenoxy) is 1. The molecule has 0 saturated heterocycles. The molecule has 0 amide bonds. The van der Waals surface area contributed by atoms with Crippen LogP contribution < -0.4 is 15.8 Å². The Hall–Kier alpha value is -1.73. The van der Waals surface area contributed by atoms with Gasteiger partial charge in [-0.25, -0.2) is 4.98 Å². The summed E-state index contributed by atoms with van der Waals surface area (Å²) in [6.07, 6.45) is -3.42. The molecule has 0 spiro atoms. The minimum absolute atomic E-state index is 0.0366. The van der Waals surface area contributed by atoms with Gasteiger partial charge in [-0.05, 0) is 13.8 Å². The third-order valence-corrected chi connectivity index (χ3v) is 1.65. The van der Waals surface area contributed by atoms with Crippen molar-refractivity contribution >= 4 is 11.5 Å². The van der Waals surface area contributed by atoms with E-state index < -0.39 is 12.7 Å². The number of nitrogens with zero attached hydrogens (tertiary/aromatic N) is 2. The average Bonchev–Trinajstić information content (AvgIpc) is 2.17. The number of nitrogens with two attached hydrogens (primary N) is 1. The number of rotatable bonds is 4. The molecule has 96 valence electrons. The zero-order chi connectivity index (χ0) is 13.1. The molecule has 0 aromatic carbocycles. The molecule has 8 heteroatoms. The summed E-state index contributed by atoms with van der Waals surface area (Å²) < 4.78 is 41.2. The van der Waals surface area contributed by atoms with E-state index in [1.54, 1.807) is 13.8 Å². The number of nitrogens with one attached hydrogen (secondary N) is 1. The van der Waals surface area contributed by atoms with Crippen LogP contribution in [-0.4, -0.2) is 28.8 Å². The highest BCUT2D eigenvalue weighted by molar-refractivity contribution is 5.66. The maximum absolute atomic E-state index is 12.0. The molecule has 17 heavy (non-hydrogen) atoms. The summed E-state index contributed by atoms with van der Waals surface area (Å²) in [7, 11) is 0. The minimum atomic E-state index is -4.34. The molecule has 1 aromatic rings. The highest BCUT2D eigenvalue weighted by Gasteiger charge is 2.27. The van der Waals surface area contributed by atoms with Gasteiger partial charge in [0.2, 0.25) is 5.88 Å². The molecule has 0 bridgehead atoms. The Morgan fingerprint density at radius 2 is 2.06 bits per heavy atom. The first-order chi connectivity index (χ1) is 7.79. The molecule has 1 aromatic heterocycles. The van der Waals surface area contributed by atoms with E-state index in [0.29, 0.717) is 0 Å². The van der Waals surface area contributed by atoms with Crippen molar-refractivity contribution in [2.45, 2.75) is 26.1 Å². The van der Waals surface area contributed by atoms with Crippen molar-refractivity contribution in [1.29, 1.82) is 0 Å². The molecule has 1 rings (SSSR count). The summed E-state index contributed by atoms with van der Waals surface area (Å²) in [6.45, 7) is 2.30. The molecule has 0 saturated carbocycles. The Bertz CT molecular complexity index is 381. The van der Waals surface area contributed by atoms with Crippen LogP contribution >= 0.6 is 0 Å². The van der Waals surface area contributed by atoms with E-state index in [1.165, 1.54) is 0 Å². The van der Waals surface area contributed by atoms with Crippen LogP contribution in [0, 0.1) is 0 Å². The van der Waals surface area contributed by atoms with Gasteiger partial charge in [-0.1, -0.05) is 0 Å². The zero-order valence-corrected chi connectivity index (χ0v) is 9.38. The molecule has 0 unspecified atom stereocenters. The van der Waals surface area contributed by atoms with E-state index in [0.717, 1.165) is 6.33 Å². The van der Waals surface area contributed by atoms with Gasteiger partial charge >= 0.3 is 6.18 Å². The molecule has 3 N–H and O–H groups in total. The maximum atomic E-state index is 12.0. The quantitative estimate of drug-likeness (QED) is 0.852. The number of nitrogen functional groups attached to an aromatic ring is 1. The summed E-state index contributed by atoms with van der Waals surface area (Å²) in [5, 5.41) is 2.09. The van der Waals surface area contributed by atoms with Gasteiger partial charge in [-0.15, -0.1) is 0 Å². The van der Waals surface area contributed by atoms with E-state index in [-0.39, 0.29) is 23.5 Å². The molecule has 0 atom stereocenters. The van der Waals surface area contributed by atoms with Crippen molar-refractivity contribution < 1.29 is 17.9 Å². The highest BCUT2D eigenvalue weighted by atomic mass is 19.4. The van der Waals surface area contributed by atoms with Crippen LogP contribution in [0.5, 0.6) is 5.88 Å². The predicted octanol–water partition coefficient (Wildman–Crippen LogP) is 1.82. The van der Waals surface area contributed by atoms with Crippen molar-refractivity contribution in [2.75, 3.05) is 17.6 Å². The summed E-state index contributed by atoms with van der Waals surface area (Å²) >= 11 is 0. The number of anilines is 2. The van der Waals surface area contributed by atoms with Crippen LogP contribution in [0.2, 0.25) is 0 Å². The maximum Gasteiger partial charge on any atom is 0.405 e. The first kappa shape index (κ1) is 13.3. The fraction of sp³-hybridized carbons (Fsp3) is 0.556. The van der Waals surface area contributed by atoms with Gasteiger partial charge in [0.15, 0.2) is 5.82 Å². The van der Waals surface area contributed by atoms with E-state index >= 15 is 0 Å². The highest BCUT2D eigenvalue weighted by Crippen LogP contribution is 2.26. The lowest BCUT2D eigenvalue weighted by Gasteiger charge is -2.14. The van der Waals surface area contributed by atoms with Gasteiger partial charge in [-0.3, -0.25) is 0 Å². The normalized spacial score (nSPS) is 11.6. The van der Waals surface area contributed by atoms with Crippen LogP contribution in [0.3, 0.4) is 0 Å². The molecule has 0 radical (unpaired) electrons. The Balaban J connectivity index is 2.80. The largest absolute Gasteiger partial charge is 0.473 e. The number of aromatic nitrogens is 2. The van der Waals surface area contributed by atoms with E-state index in [4.69, 9.17) is 10.5 Å². The van der Waals surface area contributed by atoms with E-state index in [9.17, 15) is 13.2 Å². The SMILES string of the molecule is CC(C)Oc1ncnc(NCC(F)(F)F)c1N. The second-order valence-electron chi connectivity index (χ2n) is 3.58. The molecular weight excluding hydrogens is 237 g/mol. The van der Waals surface area contributed by atoms with E-state index in [2.05, 4.69) is 15.3 Å². The van der Waals surface area contributed by atoms with Crippen molar-refractivity contribution in [2.24, 2.45) is 0 Å². The first-order valence-corrected chi connectivity index (χ1v) is 4.87. The average molecular weight is 250 g/mol. The Kier molecular flexibility index (Phi) is 3.97. The minimum Gasteiger partial charge on any atom is -0.473 e. The van der Waals surface area contributed by atoms with Crippen molar-refractivity contribution in [3.05, 3.63) is 6.33 Å². The lowest BCUT2D eigenvalue weighted by Crippen LogP contribution is -2.22. The van der Waals surface area contributed by atoms with Crippen LogP contribution in [0.25, 0.3) is 0 Å². The lowest BCUT2D eigenvalue weighted by molar-refractivity contribution is -0.115. The van der Waals surface area contributed by atoms with Crippen molar-refractivity contribution in [3.63, 3.8) is 0 Å². The van der Waals surface area contributed by atoms with Gasteiger partial charge in [-0.2, -0.15) is 18.2 Å². The lowest BCUT2D eigenvalue weighted by atomic mass is 10.4. The van der Waals surface area contributed by atoms with Crippen LogP contribution in [0.1, 0.15) is 13.8 Å². The monoisotopic (exact) mass is 250 g/mol. The van der Waals surface area contributed by atoms with Crippen LogP contribution in [-0.2, 0) is 0 Å². The Morgan fingerprint density at radius 1 is 1.41 bits per heavy atom. The number of hydrogen-bond donors (Lipinski definition) is 2. The van der Waals surface area contributed by atoms with Crippen molar-refractivity contribution in [1.82, 2.24) is 9.97 Å². The summed E-state index contributed by atoms with van der Waals surface area (Å²) in [5.41, 5.74) is 5.54. The zero-order valence-electron chi connectivity index (χ0n) is 9.38. The van der Waals surface area contributed by atoms with Gasteiger partial charge < -0.3 is 15.8 Å². The number of hydrogen-bond acceptors (Lipinski definition) is 5. The Morgan fingerprint density at radius 3 is 2.59 bits per heavy atom. The Labute approximate surface area is 96.2 Å². The van der Waals surface area contributed by atoms with Gasteiger partial charge in [0.05, 0.1) is 6.10 Å². The second kappa shape index (κ2) is 5.07.